The monoisotopic (exact) mass is 322 g/mol. The molecular weight excluding hydrogens is 288 g/mol. The normalized spacial score (nSPS) is 35.8. The summed E-state index contributed by atoms with van der Waals surface area (Å²) in [5.41, 5.74) is 0. The van der Waals surface area contributed by atoms with E-state index in [1.165, 1.54) is 57.9 Å². The summed E-state index contributed by atoms with van der Waals surface area (Å²) in [7, 11) is 0. The van der Waals surface area contributed by atoms with Crippen LogP contribution in [0.2, 0.25) is 0 Å². The molecule has 3 rings (SSSR count). The van der Waals surface area contributed by atoms with Gasteiger partial charge >= 0.3 is 0 Å². The number of hydrogen-bond donors (Lipinski definition) is 0. The highest BCUT2D eigenvalue weighted by molar-refractivity contribution is 5.74. The predicted molar refractivity (Wildman–Crippen MR) is 92.4 cm³/mol. The summed E-state index contributed by atoms with van der Waals surface area (Å²) in [5, 5.41) is 0. The van der Waals surface area contributed by atoms with E-state index in [9.17, 15) is 4.79 Å². The third-order valence-corrected chi connectivity index (χ3v) is 6.31. The highest BCUT2D eigenvalue weighted by Gasteiger charge is 2.38. The molecule has 4 nitrogen and oxygen atoms in total. The van der Waals surface area contributed by atoms with E-state index in [2.05, 4.69) is 16.7 Å². The average Bonchev–Trinajstić information content (AvgIpc) is 3.17. The van der Waals surface area contributed by atoms with Crippen LogP contribution in [0.3, 0.4) is 0 Å². The molecule has 0 unspecified atom stereocenters. The maximum Gasteiger partial charge on any atom is 0.219 e. The molecule has 0 N–H and O–H groups in total. The van der Waals surface area contributed by atoms with Gasteiger partial charge in [-0.15, -0.1) is 0 Å². The number of carbonyl (C=O) groups is 1. The maximum absolute atomic E-state index is 11.9. The zero-order valence-corrected chi connectivity index (χ0v) is 15.0. The van der Waals surface area contributed by atoms with Crippen molar-refractivity contribution < 1.29 is 9.53 Å². The van der Waals surface area contributed by atoms with Crippen LogP contribution in [0.4, 0.5) is 0 Å². The van der Waals surface area contributed by atoms with Crippen molar-refractivity contribution in [2.24, 2.45) is 5.92 Å². The lowest BCUT2D eigenvalue weighted by Gasteiger charge is -2.35. The zero-order valence-electron chi connectivity index (χ0n) is 15.0. The first kappa shape index (κ1) is 17.2. The molecule has 23 heavy (non-hydrogen) atoms. The van der Waals surface area contributed by atoms with Gasteiger partial charge in [-0.25, -0.2) is 0 Å². The molecular formula is C19H34N2O2. The van der Waals surface area contributed by atoms with E-state index in [1.807, 2.05) is 0 Å². The minimum atomic E-state index is 0.256. The van der Waals surface area contributed by atoms with E-state index in [0.717, 1.165) is 25.6 Å². The van der Waals surface area contributed by atoms with Crippen LogP contribution < -0.4 is 0 Å². The van der Waals surface area contributed by atoms with Crippen LogP contribution in [0.5, 0.6) is 0 Å². The maximum atomic E-state index is 11.9. The second-order valence-electron chi connectivity index (χ2n) is 7.84. The predicted octanol–water partition coefficient (Wildman–Crippen LogP) is 3.06. The molecule has 0 aromatic carbocycles. The molecule has 0 spiro atoms. The van der Waals surface area contributed by atoms with E-state index in [-0.39, 0.29) is 5.91 Å². The first-order valence-corrected chi connectivity index (χ1v) is 9.79. The van der Waals surface area contributed by atoms with Crippen molar-refractivity contribution in [3.05, 3.63) is 0 Å². The Morgan fingerprint density at radius 1 is 1.00 bits per heavy atom. The van der Waals surface area contributed by atoms with Gasteiger partial charge in [-0.05, 0) is 51.0 Å². The number of ether oxygens (including phenoxy) is 1. The smallest absolute Gasteiger partial charge is 0.219 e. The third kappa shape index (κ3) is 4.08. The van der Waals surface area contributed by atoms with Crippen LogP contribution in [0.15, 0.2) is 0 Å². The molecule has 4 heteroatoms. The molecule has 0 aromatic heterocycles. The molecule has 0 radical (unpaired) electrons. The first-order valence-electron chi connectivity index (χ1n) is 9.79. The van der Waals surface area contributed by atoms with Gasteiger partial charge in [0, 0.05) is 32.1 Å². The van der Waals surface area contributed by atoms with Crippen LogP contribution in [0.25, 0.3) is 0 Å². The molecule has 1 aliphatic carbocycles. The van der Waals surface area contributed by atoms with Crippen molar-refractivity contribution in [1.82, 2.24) is 9.80 Å². The summed E-state index contributed by atoms with van der Waals surface area (Å²) in [6, 6.07) is 1.01. The fourth-order valence-electron chi connectivity index (χ4n) is 5.00. The van der Waals surface area contributed by atoms with Gasteiger partial charge in [0.15, 0.2) is 0 Å². The molecule has 3 fully saturated rings. The van der Waals surface area contributed by atoms with Crippen LogP contribution in [0.1, 0.15) is 65.2 Å². The Bertz CT molecular complexity index is 401. The summed E-state index contributed by atoms with van der Waals surface area (Å²) < 4.78 is 6.22. The molecule has 2 heterocycles. The highest BCUT2D eigenvalue weighted by Crippen LogP contribution is 2.30. The Kier molecular flexibility index (Phi) is 5.97. The molecule has 2 saturated heterocycles. The SMILES string of the molecule is CC(=O)N1CCC[C@@H]1[C@@H]1CCCN1CCO[C@@H]1CCCC[C@@H]1C. The van der Waals surface area contributed by atoms with Crippen molar-refractivity contribution in [2.75, 3.05) is 26.2 Å². The van der Waals surface area contributed by atoms with Crippen molar-refractivity contribution >= 4 is 5.91 Å². The van der Waals surface area contributed by atoms with Gasteiger partial charge < -0.3 is 9.64 Å². The lowest BCUT2D eigenvalue weighted by molar-refractivity contribution is -0.130. The summed E-state index contributed by atoms with van der Waals surface area (Å²) in [5.74, 6) is 0.979. The van der Waals surface area contributed by atoms with Crippen molar-refractivity contribution in [2.45, 2.75) is 83.4 Å². The Balaban J connectivity index is 1.48. The molecule has 3 aliphatic rings. The van der Waals surface area contributed by atoms with Gasteiger partial charge in [-0.2, -0.15) is 0 Å². The van der Waals surface area contributed by atoms with Crippen molar-refractivity contribution in [3.8, 4) is 0 Å². The van der Waals surface area contributed by atoms with E-state index in [4.69, 9.17) is 4.74 Å². The van der Waals surface area contributed by atoms with Gasteiger partial charge in [-0.3, -0.25) is 9.69 Å². The summed E-state index contributed by atoms with van der Waals surface area (Å²) in [4.78, 5) is 16.6. The number of carbonyl (C=O) groups excluding carboxylic acids is 1. The van der Waals surface area contributed by atoms with Gasteiger partial charge in [0.25, 0.3) is 0 Å². The number of likely N-dealkylation sites (tertiary alicyclic amines) is 2. The fraction of sp³-hybridized carbons (Fsp3) is 0.947. The summed E-state index contributed by atoms with van der Waals surface area (Å²) >= 11 is 0. The van der Waals surface area contributed by atoms with Gasteiger partial charge in [0.05, 0.1) is 12.7 Å². The molecule has 1 amide bonds. The van der Waals surface area contributed by atoms with E-state index in [1.54, 1.807) is 6.92 Å². The highest BCUT2D eigenvalue weighted by atomic mass is 16.5. The van der Waals surface area contributed by atoms with Gasteiger partial charge in [0.2, 0.25) is 5.91 Å². The quantitative estimate of drug-likeness (QED) is 0.780. The molecule has 2 aliphatic heterocycles. The zero-order chi connectivity index (χ0) is 16.2. The van der Waals surface area contributed by atoms with Gasteiger partial charge in [0.1, 0.15) is 0 Å². The van der Waals surface area contributed by atoms with Crippen LogP contribution in [-0.4, -0.2) is 60.1 Å². The standard InChI is InChI=1S/C19H34N2O2/c1-15-7-3-4-10-19(15)23-14-13-20-11-5-8-17(20)18-9-6-12-21(18)16(2)22/h15,17-19H,3-14H2,1-2H3/t15-,17-,18+,19+/m0/s1. The first-order chi connectivity index (χ1) is 11.2. The topological polar surface area (TPSA) is 32.8 Å². The Morgan fingerprint density at radius 3 is 2.52 bits per heavy atom. The summed E-state index contributed by atoms with van der Waals surface area (Å²) in [6.45, 7) is 8.10. The molecule has 132 valence electrons. The van der Waals surface area contributed by atoms with Crippen LogP contribution in [-0.2, 0) is 9.53 Å². The van der Waals surface area contributed by atoms with E-state index >= 15 is 0 Å². The number of nitrogens with zero attached hydrogens (tertiary/aromatic N) is 2. The number of amides is 1. The molecule has 0 bridgehead atoms. The lowest BCUT2D eigenvalue weighted by Crippen LogP contribution is -2.48. The molecule has 0 aromatic rings. The van der Waals surface area contributed by atoms with Crippen LogP contribution >= 0.6 is 0 Å². The Labute approximate surface area is 141 Å². The minimum absolute atomic E-state index is 0.256. The number of hydrogen-bond acceptors (Lipinski definition) is 3. The Morgan fingerprint density at radius 2 is 1.74 bits per heavy atom. The molecule has 4 atom stereocenters. The lowest BCUT2D eigenvalue weighted by atomic mass is 9.88. The fourth-order valence-corrected chi connectivity index (χ4v) is 5.00. The summed E-state index contributed by atoms with van der Waals surface area (Å²) in [6.07, 6.45) is 10.6. The second kappa shape index (κ2) is 7.98. The number of rotatable bonds is 5. The van der Waals surface area contributed by atoms with Crippen molar-refractivity contribution in [1.29, 1.82) is 0 Å². The third-order valence-electron chi connectivity index (χ3n) is 6.31. The van der Waals surface area contributed by atoms with E-state index < -0.39 is 0 Å². The Hall–Kier alpha value is -0.610. The average molecular weight is 322 g/mol. The van der Waals surface area contributed by atoms with E-state index in [0.29, 0.717) is 18.2 Å². The largest absolute Gasteiger partial charge is 0.377 e. The van der Waals surface area contributed by atoms with Gasteiger partial charge in [-0.1, -0.05) is 19.8 Å². The minimum Gasteiger partial charge on any atom is -0.377 e. The van der Waals surface area contributed by atoms with Crippen LogP contribution in [0, 0.1) is 5.92 Å². The molecule has 1 saturated carbocycles. The second-order valence-corrected chi connectivity index (χ2v) is 7.84. The van der Waals surface area contributed by atoms with Crippen molar-refractivity contribution in [3.63, 3.8) is 0 Å².